The van der Waals surface area contributed by atoms with E-state index in [2.05, 4.69) is 16.8 Å². The average Bonchev–Trinajstić information content (AvgIpc) is 3.04. The molecule has 0 N–H and O–H groups in total. The summed E-state index contributed by atoms with van der Waals surface area (Å²) in [7, 11) is 0. The van der Waals surface area contributed by atoms with Crippen LogP contribution >= 0.6 is 11.3 Å². The minimum absolute atomic E-state index is 0.223. The predicted octanol–water partition coefficient (Wildman–Crippen LogP) is 4.78. The zero-order valence-electron chi connectivity index (χ0n) is 15.0. The largest absolute Gasteiger partial charge is 0.416 e. The Kier molecular flexibility index (Phi) is 7.13. The molecule has 0 bridgehead atoms. The molecule has 0 amide bonds. The number of carbonyl (C=O) groups excluding carboxylic acids is 1. The first-order valence-corrected chi connectivity index (χ1v) is 9.02. The number of aromatic nitrogens is 1. The number of Topliss-reactive ketones (excluding diaryl/α,β-unsaturated/α-hetero) is 1. The van der Waals surface area contributed by atoms with E-state index >= 15 is 0 Å². The van der Waals surface area contributed by atoms with Crippen molar-refractivity contribution in [3.05, 3.63) is 40.4 Å². The van der Waals surface area contributed by atoms with Gasteiger partial charge in [0.1, 0.15) is 15.6 Å². The molecule has 1 aromatic carbocycles. The van der Waals surface area contributed by atoms with Gasteiger partial charge in [-0.3, -0.25) is 4.79 Å². The Hall–Kier alpha value is -2.21. The van der Waals surface area contributed by atoms with Gasteiger partial charge >= 0.3 is 6.18 Å². The van der Waals surface area contributed by atoms with E-state index in [0.29, 0.717) is 28.7 Å². The molecule has 0 saturated heterocycles. The normalized spacial score (nSPS) is 11.4. The van der Waals surface area contributed by atoms with Crippen molar-refractivity contribution in [3.8, 4) is 22.4 Å². The number of carbonyl (C=O) groups is 1. The van der Waals surface area contributed by atoms with Crippen LogP contribution in [0.15, 0.2) is 24.3 Å². The fourth-order valence-corrected chi connectivity index (χ4v) is 3.05. The number of ether oxygens (including phenoxy) is 2. The molecular formula is C19H18F3NO3S. The van der Waals surface area contributed by atoms with Crippen LogP contribution in [0.4, 0.5) is 13.2 Å². The summed E-state index contributed by atoms with van der Waals surface area (Å²) in [6.07, 6.45) is -5.15. The molecule has 0 aliphatic carbocycles. The minimum atomic E-state index is -4.41. The lowest BCUT2D eigenvalue weighted by Crippen LogP contribution is -2.14. The number of nitrogens with zero attached hydrogens (tertiary/aromatic N) is 1. The molecule has 27 heavy (non-hydrogen) atoms. The van der Waals surface area contributed by atoms with Gasteiger partial charge in [0.2, 0.25) is 6.29 Å². The van der Waals surface area contributed by atoms with Crippen molar-refractivity contribution >= 4 is 17.1 Å². The summed E-state index contributed by atoms with van der Waals surface area (Å²) in [5.41, 5.74) is -0.00703. The summed E-state index contributed by atoms with van der Waals surface area (Å²) >= 11 is 1.09. The van der Waals surface area contributed by atoms with Gasteiger partial charge in [-0.05, 0) is 37.8 Å². The second kappa shape index (κ2) is 9.13. The van der Waals surface area contributed by atoms with Gasteiger partial charge in [-0.15, -0.1) is 11.3 Å². The summed E-state index contributed by atoms with van der Waals surface area (Å²) in [5, 5.41) is 0.419. The van der Waals surface area contributed by atoms with Crippen molar-refractivity contribution in [2.45, 2.75) is 33.2 Å². The number of alkyl halides is 3. The van der Waals surface area contributed by atoms with E-state index in [9.17, 15) is 18.0 Å². The molecular weight excluding hydrogens is 379 g/mol. The lowest BCUT2D eigenvalue weighted by Gasteiger charge is -2.09. The minimum Gasteiger partial charge on any atom is -0.342 e. The van der Waals surface area contributed by atoms with Gasteiger partial charge < -0.3 is 9.47 Å². The first-order chi connectivity index (χ1) is 12.8. The monoisotopic (exact) mass is 397 g/mol. The first kappa shape index (κ1) is 21.1. The van der Waals surface area contributed by atoms with Crippen molar-refractivity contribution in [3.63, 3.8) is 0 Å². The predicted molar refractivity (Wildman–Crippen MR) is 96.5 cm³/mol. The molecule has 0 aliphatic heterocycles. The third kappa shape index (κ3) is 5.63. The van der Waals surface area contributed by atoms with Gasteiger partial charge in [0, 0.05) is 25.7 Å². The molecule has 1 heterocycles. The number of hydrogen-bond acceptors (Lipinski definition) is 5. The van der Waals surface area contributed by atoms with Crippen LogP contribution in [-0.2, 0) is 15.7 Å². The summed E-state index contributed by atoms with van der Waals surface area (Å²) in [4.78, 5) is 16.5. The maximum Gasteiger partial charge on any atom is 0.416 e. The second-order valence-electron chi connectivity index (χ2n) is 5.34. The van der Waals surface area contributed by atoms with E-state index in [1.165, 1.54) is 19.1 Å². The van der Waals surface area contributed by atoms with E-state index < -0.39 is 18.0 Å². The molecule has 4 nitrogen and oxygen atoms in total. The smallest absolute Gasteiger partial charge is 0.342 e. The second-order valence-corrected chi connectivity index (χ2v) is 6.34. The Balaban J connectivity index is 2.36. The Morgan fingerprint density at radius 1 is 1.19 bits per heavy atom. The highest BCUT2D eigenvalue weighted by Gasteiger charge is 2.30. The fraction of sp³-hybridized carbons (Fsp3) is 0.368. The number of thiazole rings is 1. The number of ketones is 1. The Labute approximate surface area is 159 Å². The van der Waals surface area contributed by atoms with Crippen molar-refractivity contribution in [1.29, 1.82) is 0 Å². The van der Waals surface area contributed by atoms with E-state index in [1.54, 1.807) is 13.8 Å². The average molecular weight is 397 g/mol. The third-order valence-electron chi connectivity index (χ3n) is 3.35. The summed E-state index contributed by atoms with van der Waals surface area (Å²) < 4.78 is 48.8. The topological polar surface area (TPSA) is 48.4 Å². The molecule has 1 aromatic heterocycles. The lowest BCUT2D eigenvalue weighted by atomic mass is 10.1. The summed E-state index contributed by atoms with van der Waals surface area (Å²) in [5.74, 6) is 5.34. The van der Waals surface area contributed by atoms with Gasteiger partial charge in [0.25, 0.3) is 0 Å². The van der Waals surface area contributed by atoms with Crippen LogP contribution in [0.2, 0.25) is 0 Å². The summed E-state index contributed by atoms with van der Waals surface area (Å²) in [6.45, 7) is 5.82. The van der Waals surface area contributed by atoms with Crippen LogP contribution in [0.1, 0.15) is 41.7 Å². The molecule has 0 fully saturated rings. The van der Waals surface area contributed by atoms with Crippen molar-refractivity contribution in [2.75, 3.05) is 13.2 Å². The van der Waals surface area contributed by atoms with Crippen LogP contribution in [0.5, 0.6) is 0 Å². The molecule has 2 rings (SSSR count). The van der Waals surface area contributed by atoms with Crippen LogP contribution in [0.25, 0.3) is 10.6 Å². The molecule has 0 radical (unpaired) electrons. The fourth-order valence-electron chi connectivity index (χ4n) is 2.13. The first-order valence-electron chi connectivity index (χ1n) is 8.20. The molecule has 0 atom stereocenters. The Morgan fingerprint density at radius 2 is 1.78 bits per heavy atom. The third-order valence-corrected chi connectivity index (χ3v) is 4.56. The number of halogens is 3. The van der Waals surface area contributed by atoms with Crippen LogP contribution in [-0.4, -0.2) is 30.3 Å². The zero-order valence-corrected chi connectivity index (χ0v) is 15.8. The van der Waals surface area contributed by atoms with Gasteiger partial charge in [0.05, 0.1) is 5.56 Å². The van der Waals surface area contributed by atoms with Crippen LogP contribution < -0.4 is 0 Å². The quantitative estimate of drug-likeness (QED) is 0.400. The maximum absolute atomic E-state index is 12.7. The van der Waals surface area contributed by atoms with E-state index in [4.69, 9.17) is 9.47 Å². The SMILES string of the molecule is CCOC(C#Cc1nc(-c2ccc(C(F)(F)F)cc2)sc1C(C)=O)OCC. The molecule has 8 heteroatoms. The highest BCUT2D eigenvalue weighted by Crippen LogP contribution is 2.33. The van der Waals surface area contributed by atoms with Gasteiger partial charge in [-0.1, -0.05) is 12.1 Å². The molecule has 0 unspecified atom stereocenters. The zero-order chi connectivity index (χ0) is 20.0. The molecule has 2 aromatic rings. The van der Waals surface area contributed by atoms with Gasteiger partial charge in [-0.2, -0.15) is 13.2 Å². The highest BCUT2D eigenvalue weighted by molar-refractivity contribution is 7.17. The van der Waals surface area contributed by atoms with Crippen molar-refractivity contribution < 1.29 is 27.4 Å². The lowest BCUT2D eigenvalue weighted by molar-refractivity contribution is -0.137. The molecule has 0 aliphatic rings. The van der Waals surface area contributed by atoms with E-state index in [0.717, 1.165) is 23.5 Å². The van der Waals surface area contributed by atoms with Gasteiger partial charge in [0.15, 0.2) is 5.78 Å². The maximum atomic E-state index is 12.7. The van der Waals surface area contributed by atoms with Crippen molar-refractivity contribution in [2.24, 2.45) is 0 Å². The van der Waals surface area contributed by atoms with E-state index in [1.807, 2.05) is 0 Å². The van der Waals surface area contributed by atoms with E-state index in [-0.39, 0.29) is 11.5 Å². The molecule has 0 spiro atoms. The van der Waals surface area contributed by atoms with Crippen LogP contribution in [0.3, 0.4) is 0 Å². The standard InChI is InChI=1S/C19H18F3NO3S/c1-4-25-16(26-5-2)11-10-15-17(12(3)24)27-18(23-15)13-6-8-14(9-7-13)19(20,21)22/h6-9,16H,4-5H2,1-3H3. The Morgan fingerprint density at radius 3 is 2.26 bits per heavy atom. The summed E-state index contributed by atoms with van der Waals surface area (Å²) in [6, 6.07) is 4.61. The number of hydrogen-bond donors (Lipinski definition) is 0. The van der Waals surface area contributed by atoms with Crippen LogP contribution in [0, 0.1) is 11.8 Å². The highest BCUT2D eigenvalue weighted by atomic mass is 32.1. The van der Waals surface area contributed by atoms with Gasteiger partial charge in [-0.25, -0.2) is 4.98 Å². The van der Waals surface area contributed by atoms with Crippen molar-refractivity contribution in [1.82, 2.24) is 4.98 Å². The number of rotatable bonds is 6. The molecule has 0 saturated carbocycles. The molecule has 144 valence electrons. The number of benzene rings is 1. The Bertz CT molecular complexity index is 842.